The van der Waals surface area contributed by atoms with Crippen LogP contribution in [0.2, 0.25) is 0 Å². The van der Waals surface area contributed by atoms with Crippen LogP contribution in [0.1, 0.15) is 26.7 Å². The highest BCUT2D eigenvalue weighted by atomic mass is 16.6. The fourth-order valence-corrected chi connectivity index (χ4v) is 0.969. The van der Waals surface area contributed by atoms with Gasteiger partial charge in [0.1, 0.15) is 0 Å². The zero-order valence-electron chi connectivity index (χ0n) is 6.91. The summed E-state index contributed by atoms with van der Waals surface area (Å²) in [6.45, 7) is 3.72. The van der Waals surface area contributed by atoms with Crippen molar-refractivity contribution in [3.8, 4) is 0 Å². The van der Waals surface area contributed by atoms with Crippen molar-refractivity contribution in [2.45, 2.75) is 26.7 Å². The third-order valence-electron chi connectivity index (χ3n) is 1.83. The molecule has 11 heavy (non-hydrogen) atoms. The molecule has 0 aromatic rings. The third-order valence-corrected chi connectivity index (χ3v) is 1.83. The van der Waals surface area contributed by atoms with Gasteiger partial charge in [0.05, 0.1) is 4.92 Å². The molecule has 1 fully saturated rings. The summed E-state index contributed by atoms with van der Waals surface area (Å²) in [5.74, 6) is 0.545. The molecule has 0 aliphatic heterocycles. The monoisotopic (exact) mass is 155 g/mol. The molecule has 0 N–H and O–H groups in total. The van der Waals surface area contributed by atoms with Gasteiger partial charge in [-0.3, -0.25) is 10.1 Å². The smallest absolute Gasteiger partial charge is 0.245 e. The van der Waals surface area contributed by atoms with Gasteiger partial charge in [0.2, 0.25) is 5.70 Å². The lowest BCUT2D eigenvalue weighted by atomic mass is 10.1. The molecule has 0 unspecified atom stereocenters. The standard InChI is InChI=1S/C8H13NO2/c1-6(2)8(9(10)11)5-7-3-4-7/h5-7H,3-4H2,1-2H3. The van der Waals surface area contributed by atoms with E-state index in [1.165, 1.54) is 0 Å². The maximum Gasteiger partial charge on any atom is 0.245 e. The van der Waals surface area contributed by atoms with Crippen LogP contribution in [0, 0.1) is 22.0 Å². The average Bonchev–Trinajstić information content (AvgIpc) is 2.63. The van der Waals surface area contributed by atoms with Crippen LogP contribution in [0.3, 0.4) is 0 Å². The van der Waals surface area contributed by atoms with Gasteiger partial charge in [0.15, 0.2) is 0 Å². The van der Waals surface area contributed by atoms with Gasteiger partial charge in [0.25, 0.3) is 0 Å². The highest BCUT2D eigenvalue weighted by Gasteiger charge is 2.25. The summed E-state index contributed by atoms with van der Waals surface area (Å²) in [7, 11) is 0. The molecule has 1 rings (SSSR count). The van der Waals surface area contributed by atoms with Gasteiger partial charge in [-0.15, -0.1) is 0 Å². The molecule has 0 spiro atoms. The molecule has 0 aromatic heterocycles. The minimum Gasteiger partial charge on any atom is -0.259 e. The van der Waals surface area contributed by atoms with Crippen LogP contribution in [-0.4, -0.2) is 4.92 Å². The van der Waals surface area contributed by atoms with Gasteiger partial charge < -0.3 is 0 Å². The Balaban J connectivity index is 2.64. The Hall–Kier alpha value is -0.860. The van der Waals surface area contributed by atoms with E-state index in [1.54, 1.807) is 0 Å². The summed E-state index contributed by atoms with van der Waals surface area (Å²) in [4.78, 5) is 10.2. The Morgan fingerprint density at radius 3 is 2.45 bits per heavy atom. The second-order valence-corrected chi connectivity index (χ2v) is 3.34. The SMILES string of the molecule is CC(C)C(=CC1CC1)[N+](=O)[O-]. The van der Waals surface area contributed by atoms with E-state index in [0.29, 0.717) is 11.6 Å². The van der Waals surface area contributed by atoms with E-state index in [1.807, 2.05) is 19.9 Å². The summed E-state index contributed by atoms with van der Waals surface area (Å²) in [5.41, 5.74) is 0.382. The van der Waals surface area contributed by atoms with Crippen molar-refractivity contribution in [2.75, 3.05) is 0 Å². The first-order valence-corrected chi connectivity index (χ1v) is 3.97. The Labute approximate surface area is 66.3 Å². The fraction of sp³-hybridized carbons (Fsp3) is 0.750. The lowest BCUT2D eigenvalue weighted by Gasteiger charge is -1.99. The van der Waals surface area contributed by atoms with Crippen LogP contribution in [0.25, 0.3) is 0 Å². The van der Waals surface area contributed by atoms with Crippen molar-refractivity contribution < 1.29 is 4.92 Å². The molecular weight excluding hydrogens is 142 g/mol. The number of hydrogen-bond acceptors (Lipinski definition) is 2. The second-order valence-electron chi connectivity index (χ2n) is 3.34. The predicted octanol–water partition coefficient (Wildman–Crippen LogP) is 2.21. The number of hydrogen-bond donors (Lipinski definition) is 0. The highest BCUT2D eigenvalue weighted by Crippen LogP contribution is 2.32. The van der Waals surface area contributed by atoms with Crippen molar-refractivity contribution in [1.82, 2.24) is 0 Å². The van der Waals surface area contributed by atoms with Gasteiger partial charge in [-0.25, -0.2) is 0 Å². The molecule has 0 radical (unpaired) electrons. The van der Waals surface area contributed by atoms with E-state index in [9.17, 15) is 10.1 Å². The molecule has 1 saturated carbocycles. The van der Waals surface area contributed by atoms with Gasteiger partial charge in [-0.05, 0) is 24.8 Å². The zero-order chi connectivity index (χ0) is 8.43. The summed E-state index contributed by atoms with van der Waals surface area (Å²) in [6, 6.07) is 0. The number of nitrogens with zero attached hydrogens (tertiary/aromatic N) is 1. The summed E-state index contributed by atoms with van der Waals surface area (Å²) >= 11 is 0. The average molecular weight is 155 g/mol. The van der Waals surface area contributed by atoms with Crippen molar-refractivity contribution in [1.29, 1.82) is 0 Å². The predicted molar refractivity (Wildman–Crippen MR) is 42.6 cm³/mol. The van der Waals surface area contributed by atoms with Gasteiger partial charge in [0, 0.05) is 5.92 Å². The zero-order valence-corrected chi connectivity index (χ0v) is 6.91. The molecule has 3 heteroatoms. The van der Waals surface area contributed by atoms with E-state index >= 15 is 0 Å². The van der Waals surface area contributed by atoms with E-state index in [2.05, 4.69) is 0 Å². The van der Waals surface area contributed by atoms with Crippen molar-refractivity contribution in [3.05, 3.63) is 21.9 Å². The molecular formula is C8H13NO2. The molecule has 0 atom stereocenters. The van der Waals surface area contributed by atoms with Crippen LogP contribution in [0.4, 0.5) is 0 Å². The lowest BCUT2D eigenvalue weighted by Crippen LogP contribution is -2.05. The van der Waals surface area contributed by atoms with Crippen LogP contribution in [0.5, 0.6) is 0 Å². The molecule has 0 heterocycles. The van der Waals surface area contributed by atoms with Crippen LogP contribution < -0.4 is 0 Å². The summed E-state index contributed by atoms with van der Waals surface area (Å²) in [6.07, 6.45) is 4.07. The molecule has 62 valence electrons. The molecule has 0 amide bonds. The Morgan fingerprint density at radius 1 is 1.64 bits per heavy atom. The summed E-state index contributed by atoms with van der Waals surface area (Å²) in [5, 5.41) is 10.4. The van der Waals surface area contributed by atoms with Crippen molar-refractivity contribution in [3.63, 3.8) is 0 Å². The van der Waals surface area contributed by atoms with Gasteiger partial charge in [-0.2, -0.15) is 0 Å². The quantitative estimate of drug-likeness (QED) is 0.463. The maximum atomic E-state index is 10.4. The Morgan fingerprint density at radius 2 is 2.18 bits per heavy atom. The van der Waals surface area contributed by atoms with E-state index < -0.39 is 0 Å². The number of nitro groups is 1. The van der Waals surface area contributed by atoms with Crippen molar-refractivity contribution >= 4 is 0 Å². The van der Waals surface area contributed by atoms with Gasteiger partial charge >= 0.3 is 0 Å². The first-order chi connectivity index (χ1) is 5.11. The molecule has 0 saturated heterocycles. The maximum absolute atomic E-state index is 10.4. The van der Waals surface area contributed by atoms with Crippen LogP contribution in [-0.2, 0) is 0 Å². The van der Waals surface area contributed by atoms with E-state index in [-0.39, 0.29) is 10.8 Å². The highest BCUT2D eigenvalue weighted by molar-refractivity contribution is 5.03. The minimum atomic E-state index is -0.261. The number of allylic oxidation sites excluding steroid dienone is 2. The van der Waals surface area contributed by atoms with Gasteiger partial charge in [-0.1, -0.05) is 13.8 Å². The second kappa shape index (κ2) is 3.03. The van der Waals surface area contributed by atoms with Crippen LogP contribution >= 0.6 is 0 Å². The first-order valence-electron chi connectivity index (χ1n) is 3.97. The fourth-order valence-electron chi connectivity index (χ4n) is 0.969. The molecule has 0 aromatic carbocycles. The summed E-state index contributed by atoms with van der Waals surface area (Å²) < 4.78 is 0. The molecule has 3 nitrogen and oxygen atoms in total. The third kappa shape index (κ3) is 2.33. The topological polar surface area (TPSA) is 43.1 Å². The van der Waals surface area contributed by atoms with Crippen molar-refractivity contribution in [2.24, 2.45) is 11.8 Å². The molecule has 1 aliphatic rings. The lowest BCUT2D eigenvalue weighted by molar-refractivity contribution is -0.433. The number of rotatable bonds is 3. The first kappa shape index (κ1) is 8.24. The van der Waals surface area contributed by atoms with Crippen LogP contribution in [0.15, 0.2) is 11.8 Å². The minimum absolute atomic E-state index is 0.0469. The Bertz CT molecular complexity index is 192. The molecule has 1 aliphatic carbocycles. The Kier molecular flexibility index (Phi) is 2.27. The van der Waals surface area contributed by atoms with E-state index in [4.69, 9.17) is 0 Å². The van der Waals surface area contributed by atoms with E-state index in [0.717, 1.165) is 12.8 Å². The largest absolute Gasteiger partial charge is 0.259 e. The molecule has 0 bridgehead atoms. The normalized spacial score (nSPS) is 19.0.